The highest BCUT2D eigenvalue weighted by molar-refractivity contribution is 5.92. The highest BCUT2D eigenvalue weighted by atomic mass is 16.5. The third-order valence-electron chi connectivity index (χ3n) is 1.64. The van der Waals surface area contributed by atoms with Gasteiger partial charge < -0.3 is 10.5 Å². The minimum atomic E-state index is -0.558. The second-order valence-corrected chi connectivity index (χ2v) is 3.16. The van der Waals surface area contributed by atoms with Gasteiger partial charge >= 0.3 is 6.01 Å². The van der Waals surface area contributed by atoms with E-state index in [-0.39, 0.29) is 11.7 Å². The van der Waals surface area contributed by atoms with E-state index < -0.39 is 5.91 Å². The van der Waals surface area contributed by atoms with E-state index in [0.717, 1.165) is 5.56 Å². The number of nitrogens with two attached hydrogens (primary N) is 1. The van der Waals surface area contributed by atoms with Crippen molar-refractivity contribution in [3.05, 3.63) is 17.5 Å². The van der Waals surface area contributed by atoms with Gasteiger partial charge in [-0.3, -0.25) is 4.79 Å². The molecule has 1 heterocycles. The van der Waals surface area contributed by atoms with Crippen LogP contribution in [0.5, 0.6) is 6.01 Å². The molecule has 0 aliphatic rings. The number of carbonyl (C=O) groups is 1. The van der Waals surface area contributed by atoms with Crippen molar-refractivity contribution in [2.45, 2.75) is 33.6 Å². The van der Waals surface area contributed by atoms with Gasteiger partial charge in [-0.05, 0) is 6.42 Å². The van der Waals surface area contributed by atoms with E-state index in [9.17, 15) is 4.79 Å². The van der Waals surface area contributed by atoms with Crippen LogP contribution in [-0.2, 0) is 6.42 Å². The second-order valence-electron chi connectivity index (χ2n) is 3.16. The molecule has 0 bridgehead atoms. The van der Waals surface area contributed by atoms with Crippen LogP contribution in [0.2, 0.25) is 0 Å². The summed E-state index contributed by atoms with van der Waals surface area (Å²) in [7, 11) is 1.44. The zero-order chi connectivity index (χ0) is 12.6. The fraction of sp³-hybridized carbons (Fsp3) is 0.545. The Kier molecular flexibility index (Phi) is 6.83. The summed E-state index contributed by atoms with van der Waals surface area (Å²) in [4.78, 5) is 18.6. The molecule has 0 radical (unpaired) electrons. The monoisotopic (exact) mass is 225 g/mol. The molecule has 0 aliphatic heterocycles. The molecule has 0 aliphatic carbocycles. The molecule has 2 N–H and O–H groups in total. The predicted octanol–water partition coefficient (Wildman–Crippen LogP) is 1.56. The Morgan fingerprint density at radius 2 is 2.00 bits per heavy atom. The third-order valence-corrected chi connectivity index (χ3v) is 1.64. The van der Waals surface area contributed by atoms with Crippen LogP contribution in [0.15, 0.2) is 6.20 Å². The molecule has 0 saturated heterocycles. The zero-order valence-corrected chi connectivity index (χ0v) is 10.3. The number of methoxy groups -OCH3 is 1. The topological polar surface area (TPSA) is 78.1 Å². The second kappa shape index (κ2) is 7.62. The number of aromatic nitrogens is 2. The number of hydrogen-bond donors (Lipinski definition) is 1. The first-order valence-corrected chi connectivity index (χ1v) is 5.30. The predicted molar refractivity (Wildman–Crippen MR) is 62.4 cm³/mol. The van der Waals surface area contributed by atoms with E-state index in [1.807, 2.05) is 6.92 Å². The lowest BCUT2D eigenvalue weighted by molar-refractivity contribution is 0.0993. The van der Waals surface area contributed by atoms with E-state index in [4.69, 9.17) is 10.5 Å². The standard InChI is InChI=1S/C8H11N3O2.C3H8/c1-3-5-4-10-8(13-2)11-6(5)7(9)12;1-3-2/h4H,3H2,1-2H3,(H2,9,12);3H2,1-2H3. The summed E-state index contributed by atoms with van der Waals surface area (Å²) in [5.41, 5.74) is 6.09. The molecule has 0 unspecified atom stereocenters. The van der Waals surface area contributed by atoms with E-state index in [1.165, 1.54) is 13.5 Å². The number of rotatable bonds is 3. The van der Waals surface area contributed by atoms with Gasteiger partial charge in [0.25, 0.3) is 5.91 Å². The lowest BCUT2D eigenvalue weighted by Crippen LogP contribution is -2.16. The van der Waals surface area contributed by atoms with Crippen molar-refractivity contribution in [2.24, 2.45) is 5.73 Å². The van der Waals surface area contributed by atoms with Crippen LogP contribution < -0.4 is 10.5 Å². The van der Waals surface area contributed by atoms with Crippen LogP contribution >= 0.6 is 0 Å². The minimum Gasteiger partial charge on any atom is -0.467 e. The van der Waals surface area contributed by atoms with Crippen molar-refractivity contribution in [2.75, 3.05) is 7.11 Å². The Morgan fingerprint density at radius 3 is 2.38 bits per heavy atom. The molecule has 5 nitrogen and oxygen atoms in total. The van der Waals surface area contributed by atoms with Gasteiger partial charge in [0, 0.05) is 11.8 Å². The average Bonchev–Trinajstić information content (AvgIpc) is 2.29. The zero-order valence-electron chi connectivity index (χ0n) is 10.3. The third kappa shape index (κ3) is 4.25. The van der Waals surface area contributed by atoms with Gasteiger partial charge in [0.05, 0.1) is 7.11 Å². The lowest BCUT2D eigenvalue weighted by atomic mass is 10.2. The number of aryl methyl sites for hydroxylation is 1. The Labute approximate surface area is 96.0 Å². The maximum absolute atomic E-state index is 10.9. The van der Waals surface area contributed by atoms with Crippen LogP contribution in [0.25, 0.3) is 0 Å². The van der Waals surface area contributed by atoms with Gasteiger partial charge in [0.15, 0.2) is 0 Å². The number of primary amides is 1. The molecule has 1 aromatic rings. The summed E-state index contributed by atoms with van der Waals surface area (Å²) in [6, 6.07) is 0.158. The summed E-state index contributed by atoms with van der Waals surface area (Å²) in [6.07, 6.45) is 3.47. The van der Waals surface area contributed by atoms with Gasteiger partial charge in [-0.25, -0.2) is 4.98 Å². The maximum atomic E-state index is 10.9. The Morgan fingerprint density at radius 1 is 1.44 bits per heavy atom. The number of hydrogen-bond acceptors (Lipinski definition) is 4. The molecule has 0 atom stereocenters. The van der Waals surface area contributed by atoms with E-state index in [0.29, 0.717) is 6.42 Å². The molecule has 1 rings (SSSR count). The van der Waals surface area contributed by atoms with Crippen molar-refractivity contribution in [3.63, 3.8) is 0 Å². The van der Waals surface area contributed by atoms with Gasteiger partial charge in [-0.1, -0.05) is 27.2 Å². The molecule has 0 spiro atoms. The van der Waals surface area contributed by atoms with E-state index >= 15 is 0 Å². The van der Waals surface area contributed by atoms with Crippen molar-refractivity contribution in [1.29, 1.82) is 0 Å². The SMILES string of the molecule is CCC.CCc1cnc(OC)nc1C(N)=O. The summed E-state index contributed by atoms with van der Waals surface area (Å²) < 4.78 is 4.77. The molecule has 0 aromatic carbocycles. The van der Waals surface area contributed by atoms with Crippen LogP contribution in [0.3, 0.4) is 0 Å². The molecule has 0 saturated carbocycles. The molecular formula is C11H19N3O2. The smallest absolute Gasteiger partial charge is 0.316 e. The van der Waals surface area contributed by atoms with Gasteiger partial charge in [0.2, 0.25) is 0 Å². The number of amides is 1. The highest BCUT2D eigenvalue weighted by Gasteiger charge is 2.10. The Hall–Kier alpha value is -1.65. The van der Waals surface area contributed by atoms with E-state index in [2.05, 4.69) is 23.8 Å². The fourth-order valence-electron chi connectivity index (χ4n) is 0.961. The highest BCUT2D eigenvalue weighted by Crippen LogP contribution is 2.09. The van der Waals surface area contributed by atoms with Crippen molar-refractivity contribution >= 4 is 5.91 Å². The van der Waals surface area contributed by atoms with Gasteiger partial charge in [-0.15, -0.1) is 0 Å². The molecule has 1 aromatic heterocycles. The summed E-state index contributed by atoms with van der Waals surface area (Å²) >= 11 is 0. The van der Waals surface area contributed by atoms with Crippen LogP contribution in [0, 0.1) is 0 Å². The summed E-state index contributed by atoms with van der Waals surface area (Å²) in [5, 5.41) is 0. The van der Waals surface area contributed by atoms with Gasteiger partial charge in [-0.2, -0.15) is 4.98 Å². The first-order valence-electron chi connectivity index (χ1n) is 5.30. The van der Waals surface area contributed by atoms with Crippen LogP contribution in [0.1, 0.15) is 43.2 Å². The van der Waals surface area contributed by atoms with Crippen molar-refractivity contribution < 1.29 is 9.53 Å². The molecular weight excluding hydrogens is 206 g/mol. The van der Waals surface area contributed by atoms with E-state index in [1.54, 1.807) is 6.20 Å². The van der Waals surface area contributed by atoms with Crippen molar-refractivity contribution in [1.82, 2.24) is 9.97 Å². The van der Waals surface area contributed by atoms with Crippen LogP contribution in [0.4, 0.5) is 0 Å². The summed E-state index contributed by atoms with van der Waals surface area (Å²) in [5.74, 6) is -0.558. The molecule has 5 heteroatoms. The largest absolute Gasteiger partial charge is 0.467 e. The van der Waals surface area contributed by atoms with Crippen molar-refractivity contribution in [3.8, 4) is 6.01 Å². The molecule has 0 fully saturated rings. The number of nitrogens with zero attached hydrogens (tertiary/aromatic N) is 2. The lowest BCUT2D eigenvalue weighted by Gasteiger charge is -2.03. The minimum absolute atomic E-state index is 0.158. The quantitative estimate of drug-likeness (QED) is 0.846. The Balaban J connectivity index is 0.000000673. The first-order chi connectivity index (χ1) is 7.60. The molecule has 90 valence electrons. The normalized spacial score (nSPS) is 9.00. The first kappa shape index (κ1) is 14.3. The van der Waals surface area contributed by atoms with Crippen LogP contribution in [-0.4, -0.2) is 23.0 Å². The Bertz CT molecular complexity index is 340. The number of carbonyl (C=O) groups excluding carboxylic acids is 1. The summed E-state index contributed by atoms with van der Waals surface area (Å²) in [6.45, 7) is 6.15. The van der Waals surface area contributed by atoms with Gasteiger partial charge in [0.1, 0.15) is 5.69 Å². The fourth-order valence-corrected chi connectivity index (χ4v) is 0.961. The molecule has 16 heavy (non-hydrogen) atoms. The average molecular weight is 225 g/mol. The molecule has 1 amide bonds. The maximum Gasteiger partial charge on any atom is 0.316 e. The number of ether oxygens (including phenoxy) is 1.